The standard InChI is InChI=1S/C21H29FN4O/c1-17-23-6-8-26(17)16-19-3-2-7-24(15-19)14-18-4-5-21(20(22)13-18)25-9-11-27-12-10-25/h4-6,8,13,19H,2-3,7,9-12,14-16H2,1H3. The first-order valence-corrected chi connectivity index (χ1v) is 10.0. The van der Waals surface area contributed by atoms with Crippen LogP contribution in [0.5, 0.6) is 0 Å². The summed E-state index contributed by atoms with van der Waals surface area (Å²) in [5.41, 5.74) is 1.76. The number of halogens is 1. The Bertz CT molecular complexity index is 756. The number of likely N-dealkylation sites (tertiary alicyclic amines) is 1. The van der Waals surface area contributed by atoms with Gasteiger partial charge in [0.2, 0.25) is 0 Å². The average molecular weight is 372 g/mol. The van der Waals surface area contributed by atoms with Gasteiger partial charge in [0.15, 0.2) is 0 Å². The van der Waals surface area contributed by atoms with Crippen LogP contribution in [0.4, 0.5) is 10.1 Å². The second-order valence-corrected chi connectivity index (χ2v) is 7.76. The zero-order valence-electron chi connectivity index (χ0n) is 16.1. The number of benzene rings is 1. The second kappa shape index (κ2) is 8.40. The van der Waals surface area contributed by atoms with Crippen LogP contribution in [0.1, 0.15) is 24.2 Å². The summed E-state index contributed by atoms with van der Waals surface area (Å²) < 4.78 is 22.3. The predicted molar refractivity (Wildman–Crippen MR) is 104 cm³/mol. The third-order valence-corrected chi connectivity index (χ3v) is 5.75. The molecule has 2 aliphatic rings. The third-order valence-electron chi connectivity index (χ3n) is 5.75. The number of imidazole rings is 1. The number of aryl methyl sites for hydroxylation is 1. The molecule has 2 fully saturated rings. The summed E-state index contributed by atoms with van der Waals surface area (Å²) in [5, 5.41) is 0. The molecule has 27 heavy (non-hydrogen) atoms. The van der Waals surface area contributed by atoms with Crippen LogP contribution in [-0.2, 0) is 17.8 Å². The minimum Gasteiger partial charge on any atom is -0.378 e. The van der Waals surface area contributed by atoms with E-state index in [2.05, 4.69) is 38.5 Å². The normalized spacial score (nSPS) is 21.6. The van der Waals surface area contributed by atoms with E-state index < -0.39 is 0 Å². The summed E-state index contributed by atoms with van der Waals surface area (Å²) in [5.74, 6) is 1.59. The summed E-state index contributed by atoms with van der Waals surface area (Å²) in [7, 11) is 0. The minimum atomic E-state index is -0.114. The van der Waals surface area contributed by atoms with Crippen molar-refractivity contribution in [2.45, 2.75) is 32.9 Å². The molecule has 0 spiro atoms. The van der Waals surface area contributed by atoms with Gasteiger partial charge in [0.05, 0.1) is 18.9 Å². The lowest BCUT2D eigenvalue weighted by atomic mass is 9.97. The lowest BCUT2D eigenvalue weighted by molar-refractivity contribution is 0.122. The van der Waals surface area contributed by atoms with Gasteiger partial charge in [-0.15, -0.1) is 0 Å². The number of aromatic nitrogens is 2. The molecule has 1 unspecified atom stereocenters. The van der Waals surface area contributed by atoms with Crippen molar-refractivity contribution < 1.29 is 9.13 Å². The van der Waals surface area contributed by atoms with Gasteiger partial charge in [-0.2, -0.15) is 0 Å². The van der Waals surface area contributed by atoms with Gasteiger partial charge in [-0.1, -0.05) is 6.07 Å². The Morgan fingerprint density at radius 3 is 2.81 bits per heavy atom. The zero-order chi connectivity index (χ0) is 18.6. The van der Waals surface area contributed by atoms with Gasteiger partial charge in [0.25, 0.3) is 0 Å². The van der Waals surface area contributed by atoms with Crippen molar-refractivity contribution in [1.82, 2.24) is 14.5 Å². The Morgan fingerprint density at radius 2 is 2.07 bits per heavy atom. The number of piperidine rings is 1. The molecule has 0 bridgehead atoms. The van der Waals surface area contributed by atoms with Crippen LogP contribution in [0.3, 0.4) is 0 Å². The molecule has 0 N–H and O–H groups in total. The molecule has 1 aromatic heterocycles. The Hall–Kier alpha value is -1.92. The zero-order valence-corrected chi connectivity index (χ0v) is 16.1. The maximum Gasteiger partial charge on any atom is 0.146 e. The lowest BCUT2D eigenvalue weighted by Gasteiger charge is -2.33. The summed E-state index contributed by atoms with van der Waals surface area (Å²) in [6, 6.07) is 5.73. The van der Waals surface area contributed by atoms with E-state index in [1.54, 1.807) is 6.07 Å². The number of morpholine rings is 1. The van der Waals surface area contributed by atoms with E-state index >= 15 is 0 Å². The monoisotopic (exact) mass is 372 g/mol. The lowest BCUT2D eigenvalue weighted by Crippen LogP contribution is -2.37. The first-order valence-electron chi connectivity index (χ1n) is 10.0. The fourth-order valence-corrected chi connectivity index (χ4v) is 4.29. The number of hydrogen-bond acceptors (Lipinski definition) is 4. The van der Waals surface area contributed by atoms with Crippen LogP contribution in [0, 0.1) is 18.7 Å². The van der Waals surface area contributed by atoms with Gasteiger partial charge in [-0.25, -0.2) is 9.37 Å². The summed E-state index contributed by atoms with van der Waals surface area (Å²) in [6.07, 6.45) is 6.38. The predicted octanol–water partition coefficient (Wildman–Crippen LogP) is 3.08. The Labute approximate surface area is 160 Å². The van der Waals surface area contributed by atoms with Crippen molar-refractivity contribution in [1.29, 1.82) is 0 Å². The van der Waals surface area contributed by atoms with Gasteiger partial charge in [0.1, 0.15) is 11.6 Å². The van der Waals surface area contributed by atoms with Crippen molar-refractivity contribution in [2.75, 3.05) is 44.3 Å². The molecule has 2 aromatic rings. The van der Waals surface area contributed by atoms with Crippen molar-refractivity contribution >= 4 is 5.69 Å². The molecule has 5 nitrogen and oxygen atoms in total. The Kier molecular flexibility index (Phi) is 5.74. The fraction of sp³-hybridized carbons (Fsp3) is 0.571. The molecule has 0 amide bonds. The highest BCUT2D eigenvalue weighted by Crippen LogP contribution is 2.24. The summed E-state index contributed by atoms with van der Waals surface area (Å²) in [4.78, 5) is 8.86. The van der Waals surface area contributed by atoms with Gasteiger partial charge >= 0.3 is 0 Å². The summed E-state index contributed by atoms with van der Waals surface area (Å²) >= 11 is 0. The smallest absolute Gasteiger partial charge is 0.146 e. The van der Waals surface area contributed by atoms with E-state index in [9.17, 15) is 4.39 Å². The molecule has 4 rings (SSSR count). The van der Waals surface area contributed by atoms with E-state index in [0.29, 0.717) is 24.8 Å². The number of rotatable bonds is 5. The maximum atomic E-state index is 14.7. The first kappa shape index (κ1) is 18.4. The molecule has 1 atom stereocenters. The number of hydrogen-bond donors (Lipinski definition) is 0. The Morgan fingerprint density at radius 1 is 1.22 bits per heavy atom. The molecular formula is C21H29FN4O. The number of anilines is 1. The van der Waals surface area contributed by atoms with Crippen molar-refractivity contribution in [3.8, 4) is 0 Å². The van der Waals surface area contributed by atoms with Crippen LogP contribution in [-0.4, -0.2) is 53.8 Å². The molecule has 2 saturated heterocycles. The van der Waals surface area contributed by atoms with Gasteiger partial charge in [0, 0.05) is 45.1 Å². The van der Waals surface area contributed by atoms with Crippen molar-refractivity contribution in [2.24, 2.45) is 5.92 Å². The van der Waals surface area contributed by atoms with Gasteiger partial charge < -0.3 is 14.2 Å². The average Bonchev–Trinajstić information content (AvgIpc) is 3.07. The van der Waals surface area contributed by atoms with Crippen molar-refractivity contribution in [3.63, 3.8) is 0 Å². The molecule has 1 aromatic carbocycles. The van der Waals surface area contributed by atoms with E-state index in [0.717, 1.165) is 50.7 Å². The highest BCUT2D eigenvalue weighted by Gasteiger charge is 2.21. The minimum absolute atomic E-state index is 0.114. The number of nitrogens with zero attached hydrogens (tertiary/aromatic N) is 4. The van der Waals surface area contributed by atoms with Gasteiger partial charge in [-0.3, -0.25) is 4.90 Å². The highest BCUT2D eigenvalue weighted by molar-refractivity contribution is 5.49. The quantitative estimate of drug-likeness (QED) is 0.808. The topological polar surface area (TPSA) is 33.5 Å². The third kappa shape index (κ3) is 4.50. The SMILES string of the molecule is Cc1nccn1CC1CCCN(Cc2ccc(N3CCOCC3)c(F)c2)C1. The number of ether oxygens (including phenoxy) is 1. The summed E-state index contributed by atoms with van der Waals surface area (Å²) in [6.45, 7) is 8.91. The molecule has 146 valence electrons. The molecule has 0 saturated carbocycles. The maximum absolute atomic E-state index is 14.7. The highest BCUT2D eigenvalue weighted by atomic mass is 19.1. The molecule has 3 heterocycles. The van der Waals surface area contributed by atoms with E-state index in [4.69, 9.17) is 4.74 Å². The van der Waals surface area contributed by atoms with Crippen LogP contribution < -0.4 is 4.90 Å². The van der Waals surface area contributed by atoms with E-state index in [1.807, 2.05) is 12.3 Å². The Balaban J connectivity index is 1.36. The fourth-order valence-electron chi connectivity index (χ4n) is 4.29. The van der Waals surface area contributed by atoms with Crippen LogP contribution in [0.2, 0.25) is 0 Å². The van der Waals surface area contributed by atoms with Crippen LogP contribution in [0.25, 0.3) is 0 Å². The molecule has 0 radical (unpaired) electrons. The van der Waals surface area contributed by atoms with E-state index in [1.165, 1.54) is 12.8 Å². The van der Waals surface area contributed by atoms with Gasteiger partial charge in [-0.05, 0) is 49.9 Å². The van der Waals surface area contributed by atoms with E-state index in [-0.39, 0.29) is 5.82 Å². The molecule has 2 aliphatic heterocycles. The second-order valence-electron chi connectivity index (χ2n) is 7.76. The van der Waals surface area contributed by atoms with Crippen LogP contribution in [0.15, 0.2) is 30.6 Å². The molecular weight excluding hydrogens is 343 g/mol. The largest absolute Gasteiger partial charge is 0.378 e. The molecule has 6 heteroatoms. The van der Waals surface area contributed by atoms with Crippen molar-refractivity contribution in [3.05, 3.63) is 47.8 Å². The molecule has 0 aliphatic carbocycles. The van der Waals surface area contributed by atoms with Crippen LogP contribution >= 0.6 is 0 Å². The first-order chi connectivity index (χ1) is 13.2.